The fraction of sp³-hybridized carbons (Fsp3) is 0.238. The number of halogens is 3. The number of rotatable bonds is 5. The lowest BCUT2D eigenvalue weighted by atomic mass is 9.97. The Morgan fingerprint density at radius 2 is 1.68 bits per heavy atom. The average molecular weight is 388 g/mol. The van der Waals surface area contributed by atoms with Crippen LogP contribution < -0.4 is 4.90 Å². The molecule has 0 saturated carbocycles. The fourth-order valence-electron chi connectivity index (χ4n) is 3.10. The van der Waals surface area contributed by atoms with E-state index in [1.165, 1.54) is 18.2 Å². The Morgan fingerprint density at radius 1 is 1.04 bits per heavy atom. The van der Waals surface area contributed by atoms with Crippen molar-refractivity contribution in [3.05, 3.63) is 77.5 Å². The van der Waals surface area contributed by atoms with E-state index in [1.807, 2.05) is 12.1 Å². The number of allylic oxidation sites excluding steroid dienone is 2. The number of hydrogen-bond donors (Lipinski definition) is 1. The Morgan fingerprint density at radius 3 is 2.21 bits per heavy atom. The van der Waals surface area contributed by atoms with Crippen LogP contribution in [0.1, 0.15) is 29.5 Å². The van der Waals surface area contributed by atoms with E-state index in [0.717, 1.165) is 50.0 Å². The minimum Gasteiger partial charge on any atom is -0.478 e. The smallest absolute Gasteiger partial charge is 0.416 e. The molecule has 0 amide bonds. The first-order chi connectivity index (χ1) is 13.3. The van der Waals surface area contributed by atoms with Gasteiger partial charge < -0.3 is 10.0 Å². The van der Waals surface area contributed by atoms with Gasteiger partial charge in [-0.2, -0.15) is 13.2 Å². The fourth-order valence-corrected chi connectivity index (χ4v) is 3.10. The predicted octanol–water partition coefficient (Wildman–Crippen LogP) is 4.77. The van der Waals surface area contributed by atoms with Gasteiger partial charge in [-0.15, -0.1) is 0 Å². The summed E-state index contributed by atoms with van der Waals surface area (Å²) in [6.45, 7) is 1.91. The molecule has 0 aliphatic carbocycles. The summed E-state index contributed by atoms with van der Waals surface area (Å²) < 4.78 is 38.5. The van der Waals surface area contributed by atoms with Crippen LogP contribution in [0.15, 0.2) is 60.8 Å². The van der Waals surface area contributed by atoms with Crippen molar-refractivity contribution in [3.8, 4) is 0 Å². The van der Waals surface area contributed by atoms with E-state index < -0.39 is 17.7 Å². The number of aromatic nitrogens is 1. The number of pyridine rings is 1. The average Bonchev–Trinajstić information content (AvgIpc) is 3.19. The van der Waals surface area contributed by atoms with E-state index in [2.05, 4.69) is 9.88 Å². The number of anilines is 1. The van der Waals surface area contributed by atoms with Crippen molar-refractivity contribution in [1.29, 1.82) is 0 Å². The van der Waals surface area contributed by atoms with E-state index in [-0.39, 0.29) is 0 Å². The van der Waals surface area contributed by atoms with Crippen molar-refractivity contribution in [3.63, 3.8) is 0 Å². The van der Waals surface area contributed by atoms with Crippen molar-refractivity contribution >= 4 is 17.4 Å². The molecule has 1 saturated heterocycles. The second-order valence-electron chi connectivity index (χ2n) is 6.45. The Kier molecular flexibility index (Phi) is 5.82. The maximum absolute atomic E-state index is 12.8. The predicted molar refractivity (Wildman–Crippen MR) is 101 cm³/mol. The molecule has 1 N–H and O–H groups in total. The molecule has 1 aliphatic rings. The second kappa shape index (κ2) is 8.29. The van der Waals surface area contributed by atoms with Gasteiger partial charge in [0.25, 0.3) is 0 Å². The van der Waals surface area contributed by atoms with E-state index in [4.69, 9.17) is 5.11 Å². The first kappa shape index (κ1) is 19.7. The van der Waals surface area contributed by atoms with Crippen LogP contribution in [0.4, 0.5) is 19.0 Å². The van der Waals surface area contributed by atoms with Gasteiger partial charge in [-0.25, -0.2) is 9.78 Å². The summed E-state index contributed by atoms with van der Waals surface area (Å²) in [6, 6.07) is 8.49. The van der Waals surface area contributed by atoms with Crippen LogP contribution in [0.5, 0.6) is 0 Å². The molecule has 1 aromatic carbocycles. The van der Waals surface area contributed by atoms with Crippen LogP contribution in [0.3, 0.4) is 0 Å². The number of nitrogens with zero attached hydrogens (tertiary/aromatic N) is 2. The molecule has 1 fully saturated rings. The molecular formula is C21H19F3N2O2. The van der Waals surface area contributed by atoms with Gasteiger partial charge in [0.05, 0.1) is 5.56 Å². The molecule has 2 aromatic rings. The molecule has 2 heterocycles. The lowest BCUT2D eigenvalue weighted by Gasteiger charge is -2.17. The molecule has 0 spiro atoms. The number of benzene rings is 1. The van der Waals surface area contributed by atoms with Crippen LogP contribution in [0.2, 0.25) is 0 Å². The monoisotopic (exact) mass is 388 g/mol. The van der Waals surface area contributed by atoms with Gasteiger partial charge in [0.1, 0.15) is 5.82 Å². The zero-order valence-corrected chi connectivity index (χ0v) is 15.0. The summed E-state index contributed by atoms with van der Waals surface area (Å²) in [6.07, 6.45) is 3.37. The first-order valence-corrected chi connectivity index (χ1v) is 8.85. The second-order valence-corrected chi connectivity index (χ2v) is 6.45. The number of carboxylic acid groups (broad SMARTS) is 1. The highest BCUT2D eigenvalue weighted by Crippen LogP contribution is 2.31. The van der Waals surface area contributed by atoms with Gasteiger partial charge in [-0.05, 0) is 48.2 Å². The lowest BCUT2D eigenvalue weighted by Crippen LogP contribution is -2.18. The van der Waals surface area contributed by atoms with Gasteiger partial charge in [0.15, 0.2) is 0 Å². The number of hydrogen-bond acceptors (Lipinski definition) is 3. The summed E-state index contributed by atoms with van der Waals surface area (Å²) in [5, 5.41) is 8.79. The molecule has 0 unspecified atom stereocenters. The third-order valence-electron chi connectivity index (χ3n) is 4.51. The summed E-state index contributed by atoms with van der Waals surface area (Å²) in [7, 11) is 0. The van der Waals surface area contributed by atoms with E-state index in [9.17, 15) is 18.0 Å². The molecule has 0 atom stereocenters. The Labute approximate surface area is 160 Å². The lowest BCUT2D eigenvalue weighted by molar-refractivity contribution is -0.137. The molecule has 146 valence electrons. The number of alkyl halides is 3. The van der Waals surface area contributed by atoms with Crippen molar-refractivity contribution in [1.82, 2.24) is 4.98 Å². The van der Waals surface area contributed by atoms with Crippen molar-refractivity contribution in [2.75, 3.05) is 18.0 Å². The quantitative estimate of drug-likeness (QED) is 0.592. The minimum absolute atomic E-state index is 0.541. The largest absolute Gasteiger partial charge is 0.478 e. The molecule has 0 radical (unpaired) electrons. The van der Waals surface area contributed by atoms with Crippen molar-refractivity contribution in [2.45, 2.75) is 19.0 Å². The van der Waals surface area contributed by atoms with Gasteiger partial charge in [-0.3, -0.25) is 0 Å². The molecule has 1 aliphatic heterocycles. The van der Waals surface area contributed by atoms with E-state index in [0.29, 0.717) is 16.7 Å². The number of aliphatic carboxylic acids is 1. The van der Waals surface area contributed by atoms with E-state index >= 15 is 0 Å². The Bertz CT molecular complexity index is 879. The van der Waals surface area contributed by atoms with Crippen LogP contribution in [-0.4, -0.2) is 29.1 Å². The normalized spacial score (nSPS) is 15.4. The number of carbonyl (C=O) groups is 1. The Balaban J connectivity index is 1.94. The highest BCUT2D eigenvalue weighted by atomic mass is 19.4. The SMILES string of the molecule is O=C(O)C=CC=C(c1ccc(C(F)(F)F)cc1)c1ccc(N2CCCC2)nc1. The molecule has 3 rings (SSSR count). The maximum Gasteiger partial charge on any atom is 0.416 e. The molecule has 4 nitrogen and oxygen atoms in total. The summed E-state index contributed by atoms with van der Waals surface area (Å²) in [5.74, 6) is -0.250. The summed E-state index contributed by atoms with van der Waals surface area (Å²) in [5.41, 5.74) is 1.09. The van der Waals surface area contributed by atoms with Gasteiger partial charge in [0.2, 0.25) is 0 Å². The molecule has 28 heavy (non-hydrogen) atoms. The highest BCUT2D eigenvalue weighted by molar-refractivity contribution is 5.84. The van der Waals surface area contributed by atoms with Crippen LogP contribution >= 0.6 is 0 Å². The molecule has 0 bridgehead atoms. The topological polar surface area (TPSA) is 53.4 Å². The summed E-state index contributed by atoms with van der Waals surface area (Å²) in [4.78, 5) is 17.4. The van der Waals surface area contributed by atoms with Crippen molar-refractivity contribution in [2.24, 2.45) is 0 Å². The van der Waals surface area contributed by atoms with Gasteiger partial charge in [0, 0.05) is 30.9 Å². The zero-order valence-electron chi connectivity index (χ0n) is 15.0. The van der Waals surface area contributed by atoms with Crippen LogP contribution in [-0.2, 0) is 11.0 Å². The zero-order chi connectivity index (χ0) is 20.1. The maximum atomic E-state index is 12.8. The van der Waals surface area contributed by atoms with Crippen molar-refractivity contribution < 1.29 is 23.1 Å². The minimum atomic E-state index is -4.41. The van der Waals surface area contributed by atoms with Gasteiger partial charge in [-0.1, -0.05) is 24.3 Å². The third kappa shape index (κ3) is 4.79. The standard InChI is InChI=1S/C21H19F3N2O2/c22-21(23,24)17-9-6-15(7-10-17)18(4-3-5-20(27)28)16-8-11-19(25-14-16)26-12-1-2-13-26/h3-11,14H,1-2,12-13H2,(H,27,28). The van der Waals surface area contributed by atoms with Crippen LogP contribution in [0.25, 0.3) is 5.57 Å². The molecular weight excluding hydrogens is 369 g/mol. The molecule has 1 aromatic heterocycles. The van der Waals surface area contributed by atoms with E-state index in [1.54, 1.807) is 12.3 Å². The third-order valence-corrected chi connectivity index (χ3v) is 4.51. The Hall–Kier alpha value is -3.09. The summed E-state index contributed by atoms with van der Waals surface area (Å²) >= 11 is 0. The highest BCUT2D eigenvalue weighted by Gasteiger charge is 2.30. The molecule has 7 heteroatoms. The van der Waals surface area contributed by atoms with Crippen LogP contribution in [0, 0.1) is 0 Å². The van der Waals surface area contributed by atoms with Gasteiger partial charge >= 0.3 is 12.1 Å². The number of carboxylic acids is 1. The first-order valence-electron chi connectivity index (χ1n) is 8.85.